The van der Waals surface area contributed by atoms with Crippen LogP contribution in [0.5, 0.6) is 5.75 Å². The SMILES string of the molecule is CCOc1ccccc1N(CC(=O)N(Cc1ccccc1F)[C@H](C)C(=O)NC(C)(C)C)S(=O)(=O)c1ccc(SC)cc1. The lowest BCUT2D eigenvalue weighted by molar-refractivity contribution is -0.140. The van der Waals surface area contributed by atoms with Gasteiger partial charge in [-0.15, -0.1) is 11.8 Å². The van der Waals surface area contributed by atoms with E-state index in [1.54, 1.807) is 49.4 Å². The molecule has 0 spiro atoms. The van der Waals surface area contributed by atoms with Gasteiger partial charge in [-0.05, 0) is 83.3 Å². The van der Waals surface area contributed by atoms with Gasteiger partial charge in [0.1, 0.15) is 24.2 Å². The number of hydrogen-bond donors (Lipinski definition) is 1. The molecule has 0 aromatic heterocycles. The van der Waals surface area contributed by atoms with E-state index in [1.807, 2.05) is 27.0 Å². The third-order valence-electron chi connectivity index (χ3n) is 6.32. The number of ether oxygens (including phenoxy) is 1. The van der Waals surface area contributed by atoms with Crippen molar-refractivity contribution < 1.29 is 27.1 Å². The van der Waals surface area contributed by atoms with Gasteiger partial charge in [-0.1, -0.05) is 30.3 Å². The molecule has 0 fully saturated rings. The molecule has 1 atom stereocenters. The van der Waals surface area contributed by atoms with Crippen molar-refractivity contribution in [3.05, 3.63) is 84.2 Å². The molecule has 0 saturated heterocycles. The highest BCUT2D eigenvalue weighted by molar-refractivity contribution is 7.98. The molecule has 1 N–H and O–H groups in total. The van der Waals surface area contributed by atoms with Gasteiger partial charge in [0.25, 0.3) is 10.0 Å². The Labute approximate surface area is 252 Å². The molecule has 8 nitrogen and oxygen atoms in total. The van der Waals surface area contributed by atoms with Gasteiger partial charge in [0, 0.05) is 22.5 Å². The highest BCUT2D eigenvalue weighted by Crippen LogP contribution is 2.33. The summed E-state index contributed by atoms with van der Waals surface area (Å²) in [5.74, 6) is -1.41. The number of amides is 2. The molecule has 226 valence electrons. The molecule has 0 bridgehead atoms. The van der Waals surface area contributed by atoms with Crippen molar-refractivity contribution in [2.24, 2.45) is 0 Å². The fourth-order valence-electron chi connectivity index (χ4n) is 4.20. The van der Waals surface area contributed by atoms with Crippen molar-refractivity contribution >= 4 is 39.3 Å². The van der Waals surface area contributed by atoms with Gasteiger partial charge in [0.05, 0.1) is 17.2 Å². The summed E-state index contributed by atoms with van der Waals surface area (Å²) in [7, 11) is -4.28. The molecule has 42 heavy (non-hydrogen) atoms. The van der Waals surface area contributed by atoms with Gasteiger partial charge in [-0.2, -0.15) is 0 Å². The second-order valence-corrected chi connectivity index (χ2v) is 13.4. The largest absolute Gasteiger partial charge is 0.492 e. The van der Waals surface area contributed by atoms with E-state index in [0.29, 0.717) is 0 Å². The molecular formula is C31H38FN3O5S2. The summed E-state index contributed by atoms with van der Waals surface area (Å²) in [5.41, 5.74) is -0.232. The fraction of sp³-hybridized carbons (Fsp3) is 0.355. The van der Waals surface area contributed by atoms with Crippen LogP contribution in [0.4, 0.5) is 10.1 Å². The lowest BCUT2D eigenvalue weighted by atomic mass is 10.1. The Morgan fingerprint density at radius 3 is 2.21 bits per heavy atom. The average molecular weight is 616 g/mol. The second kappa shape index (κ2) is 14.1. The Morgan fingerprint density at radius 1 is 1.00 bits per heavy atom. The van der Waals surface area contributed by atoms with E-state index >= 15 is 0 Å². The van der Waals surface area contributed by atoms with E-state index in [1.165, 1.54) is 53.9 Å². The predicted molar refractivity (Wildman–Crippen MR) is 165 cm³/mol. The van der Waals surface area contributed by atoms with Crippen LogP contribution in [0.2, 0.25) is 0 Å². The minimum absolute atomic E-state index is 0.0152. The fourth-order valence-corrected chi connectivity index (χ4v) is 6.03. The topological polar surface area (TPSA) is 96.0 Å². The molecule has 3 rings (SSSR count). The van der Waals surface area contributed by atoms with Crippen LogP contribution < -0.4 is 14.4 Å². The minimum Gasteiger partial charge on any atom is -0.492 e. The summed E-state index contributed by atoms with van der Waals surface area (Å²) in [5, 5.41) is 2.85. The Morgan fingerprint density at radius 2 is 1.62 bits per heavy atom. The number of sulfonamides is 1. The number of thioether (sulfide) groups is 1. The molecule has 0 radical (unpaired) electrons. The standard InChI is InChI=1S/C31H38FN3O5S2/c1-7-40-28-15-11-10-14-27(28)35(42(38,39)25-18-16-24(41-6)17-19-25)21-29(36)34(20-23-12-8-9-13-26(23)32)22(2)30(37)33-31(3,4)5/h8-19,22H,7,20-21H2,1-6H3,(H,33,37)/t22-/m1/s1. The van der Waals surface area contributed by atoms with Crippen molar-refractivity contribution in [2.75, 3.05) is 23.7 Å². The molecule has 0 aliphatic heterocycles. The maximum absolute atomic E-state index is 14.7. The van der Waals surface area contributed by atoms with Crippen LogP contribution in [0.3, 0.4) is 0 Å². The quantitative estimate of drug-likeness (QED) is 0.272. The molecule has 0 heterocycles. The molecule has 0 aliphatic rings. The molecule has 0 unspecified atom stereocenters. The van der Waals surface area contributed by atoms with Crippen molar-refractivity contribution in [1.29, 1.82) is 0 Å². The molecule has 0 aliphatic carbocycles. The number of nitrogens with zero attached hydrogens (tertiary/aromatic N) is 2. The van der Waals surface area contributed by atoms with Crippen molar-refractivity contribution in [3.8, 4) is 5.75 Å². The van der Waals surface area contributed by atoms with Gasteiger partial charge in [-0.25, -0.2) is 12.8 Å². The summed E-state index contributed by atoms with van der Waals surface area (Å²) >= 11 is 1.47. The van der Waals surface area contributed by atoms with Crippen LogP contribution in [0.15, 0.2) is 82.6 Å². The smallest absolute Gasteiger partial charge is 0.264 e. The number of carbonyl (C=O) groups excluding carboxylic acids is 2. The molecule has 3 aromatic carbocycles. The van der Waals surface area contributed by atoms with Gasteiger partial charge < -0.3 is 15.0 Å². The number of halogens is 1. The number of hydrogen-bond acceptors (Lipinski definition) is 6. The third kappa shape index (κ3) is 8.25. The molecule has 2 amide bonds. The highest BCUT2D eigenvalue weighted by atomic mass is 32.2. The van der Waals surface area contributed by atoms with Gasteiger partial charge >= 0.3 is 0 Å². The summed E-state index contributed by atoms with van der Waals surface area (Å²) in [6.45, 7) is 8.10. The normalized spacial score (nSPS) is 12.4. The number of nitrogens with one attached hydrogen (secondary N) is 1. The molecule has 11 heteroatoms. The van der Waals surface area contributed by atoms with Crippen LogP contribution in [0.25, 0.3) is 0 Å². The number of anilines is 1. The number of carbonyl (C=O) groups is 2. The predicted octanol–water partition coefficient (Wildman–Crippen LogP) is 5.47. The Kier molecular flexibility index (Phi) is 11.0. The summed E-state index contributed by atoms with van der Waals surface area (Å²) in [4.78, 5) is 29.3. The highest BCUT2D eigenvalue weighted by Gasteiger charge is 2.34. The Balaban J connectivity index is 2.10. The van der Waals surface area contributed by atoms with Crippen molar-refractivity contribution in [3.63, 3.8) is 0 Å². The van der Waals surface area contributed by atoms with Crippen molar-refractivity contribution in [1.82, 2.24) is 10.2 Å². The first kappa shape index (κ1) is 32.9. The minimum atomic E-state index is -4.28. The first-order valence-electron chi connectivity index (χ1n) is 13.5. The van der Waals surface area contributed by atoms with Gasteiger partial charge in [0.15, 0.2) is 0 Å². The number of rotatable bonds is 12. The lowest BCUT2D eigenvalue weighted by Gasteiger charge is -2.33. The summed E-state index contributed by atoms with van der Waals surface area (Å²) in [6, 6.07) is 17.8. The zero-order valence-corrected chi connectivity index (χ0v) is 26.4. The molecular weight excluding hydrogens is 577 g/mol. The van der Waals surface area contributed by atoms with E-state index < -0.39 is 45.8 Å². The second-order valence-electron chi connectivity index (χ2n) is 10.6. The maximum atomic E-state index is 14.7. The summed E-state index contributed by atoms with van der Waals surface area (Å²) < 4.78 is 49.6. The van der Waals surface area contributed by atoms with E-state index in [2.05, 4.69) is 5.32 Å². The van der Waals surface area contributed by atoms with Crippen LogP contribution >= 0.6 is 11.8 Å². The Hall–Kier alpha value is -3.57. The van der Waals surface area contributed by atoms with E-state index in [0.717, 1.165) is 9.20 Å². The van der Waals surface area contributed by atoms with Gasteiger partial charge in [0.2, 0.25) is 11.8 Å². The first-order valence-corrected chi connectivity index (χ1v) is 16.2. The Bertz CT molecular complexity index is 1490. The van der Waals surface area contributed by atoms with E-state index in [9.17, 15) is 22.4 Å². The zero-order chi connectivity index (χ0) is 31.1. The van der Waals surface area contributed by atoms with Gasteiger partial charge in [-0.3, -0.25) is 13.9 Å². The van der Waals surface area contributed by atoms with Crippen LogP contribution in [0, 0.1) is 5.82 Å². The van der Waals surface area contributed by atoms with Crippen LogP contribution in [-0.4, -0.2) is 56.1 Å². The summed E-state index contributed by atoms with van der Waals surface area (Å²) in [6.07, 6.45) is 1.88. The first-order chi connectivity index (χ1) is 19.8. The van der Waals surface area contributed by atoms with E-state index in [4.69, 9.17) is 4.74 Å². The monoisotopic (exact) mass is 615 g/mol. The average Bonchev–Trinajstić information content (AvgIpc) is 2.94. The van der Waals surface area contributed by atoms with Crippen LogP contribution in [-0.2, 0) is 26.2 Å². The maximum Gasteiger partial charge on any atom is 0.264 e. The number of benzene rings is 3. The lowest BCUT2D eigenvalue weighted by Crippen LogP contribution is -2.54. The van der Waals surface area contributed by atoms with Crippen LogP contribution in [0.1, 0.15) is 40.2 Å². The third-order valence-corrected chi connectivity index (χ3v) is 8.84. The molecule has 3 aromatic rings. The van der Waals surface area contributed by atoms with E-state index in [-0.39, 0.29) is 35.0 Å². The zero-order valence-electron chi connectivity index (χ0n) is 24.8. The van der Waals surface area contributed by atoms with Crippen molar-refractivity contribution in [2.45, 2.75) is 62.5 Å². The molecule has 0 saturated carbocycles. The number of para-hydroxylation sites is 2.